The first kappa shape index (κ1) is 21.4. The number of furan rings is 1. The van der Waals surface area contributed by atoms with Gasteiger partial charge in [0.15, 0.2) is 17.5 Å². The van der Waals surface area contributed by atoms with Gasteiger partial charge >= 0.3 is 0 Å². The zero-order valence-corrected chi connectivity index (χ0v) is 18.0. The molecule has 3 N–H and O–H groups in total. The Morgan fingerprint density at radius 3 is 2.59 bits per heavy atom. The van der Waals surface area contributed by atoms with Crippen molar-refractivity contribution in [3.8, 4) is 11.5 Å². The zero-order valence-electron chi connectivity index (χ0n) is 15.7. The van der Waals surface area contributed by atoms with Crippen molar-refractivity contribution >= 4 is 35.6 Å². The van der Waals surface area contributed by atoms with Crippen molar-refractivity contribution in [3.63, 3.8) is 0 Å². The summed E-state index contributed by atoms with van der Waals surface area (Å²) in [7, 11) is 3.21. The molecule has 0 saturated carbocycles. The van der Waals surface area contributed by atoms with Gasteiger partial charge in [-0.1, -0.05) is 0 Å². The van der Waals surface area contributed by atoms with Crippen LogP contribution in [0.1, 0.15) is 24.6 Å². The van der Waals surface area contributed by atoms with Crippen LogP contribution in [0.5, 0.6) is 11.5 Å². The maximum absolute atomic E-state index is 6.09. The Labute approximate surface area is 176 Å². The molecule has 1 aromatic carbocycles. The summed E-state index contributed by atoms with van der Waals surface area (Å²) < 4.78 is 16.2. The van der Waals surface area contributed by atoms with E-state index in [2.05, 4.69) is 15.2 Å². The van der Waals surface area contributed by atoms with Gasteiger partial charge in [0.1, 0.15) is 5.76 Å². The number of nitrogens with zero attached hydrogens (tertiary/aromatic N) is 2. The molecule has 3 rings (SSSR count). The van der Waals surface area contributed by atoms with Gasteiger partial charge in [-0.25, -0.2) is 0 Å². The van der Waals surface area contributed by atoms with Crippen LogP contribution < -0.4 is 20.5 Å². The molecular formula is C19H27IN4O3. The summed E-state index contributed by atoms with van der Waals surface area (Å²) in [6.07, 6.45) is 4.12. The van der Waals surface area contributed by atoms with Crippen molar-refractivity contribution < 1.29 is 13.9 Å². The van der Waals surface area contributed by atoms with Crippen LogP contribution in [0.15, 0.2) is 46.0 Å². The van der Waals surface area contributed by atoms with E-state index in [1.54, 1.807) is 20.5 Å². The van der Waals surface area contributed by atoms with Crippen molar-refractivity contribution in [2.45, 2.75) is 18.9 Å². The zero-order chi connectivity index (χ0) is 18.4. The molecule has 0 amide bonds. The molecule has 0 radical (unpaired) electrons. The second kappa shape index (κ2) is 10.4. The maximum atomic E-state index is 6.09. The van der Waals surface area contributed by atoms with Crippen LogP contribution in [0.3, 0.4) is 0 Å². The van der Waals surface area contributed by atoms with E-state index in [1.165, 1.54) is 12.8 Å². The predicted molar refractivity (Wildman–Crippen MR) is 117 cm³/mol. The van der Waals surface area contributed by atoms with E-state index in [-0.39, 0.29) is 30.0 Å². The van der Waals surface area contributed by atoms with Crippen LogP contribution in [-0.2, 0) is 0 Å². The molecule has 1 unspecified atom stereocenters. The number of nitrogens with two attached hydrogens (primary N) is 1. The van der Waals surface area contributed by atoms with E-state index in [1.807, 2.05) is 30.3 Å². The highest BCUT2D eigenvalue weighted by Gasteiger charge is 2.25. The Morgan fingerprint density at radius 2 is 1.96 bits per heavy atom. The van der Waals surface area contributed by atoms with Crippen LogP contribution >= 0.6 is 24.0 Å². The summed E-state index contributed by atoms with van der Waals surface area (Å²) in [4.78, 5) is 6.92. The van der Waals surface area contributed by atoms with Gasteiger partial charge in [-0.05, 0) is 50.2 Å². The SMILES string of the molecule is COc1ccc(NC(N)=NCC(c2ccco2)N2CCCC2)cc1OC.I. The number of guanidine groups is 1. The summed E-state index contributed by atoms with van der Waals surface area (Å²) in [6.45, 7) is 2.66. The largest absolute Gasteiger partial charge is 0.493 e. The molecule has 1 fully saturated rings. The third-order valence-electron chi connectivity index (χ3n) is 4.54. The lowest BCUT2D eigenvalue weighted by atomic mass is 10.2. The molecule has 1 aliphatic rings. The van der Waals surface area contributed by atoms with Gasteiger partial charge in [0.05, 0.1) is 33.1 Å². The molecule has 1 aliphatic heterocycles. The number of benzene rings is 1. The molecule has 0 bridgehead atoms. The van der Waals surface area contributed by atoms with Crippen molar-refractivity contribution in [2.24, 2.45) is 10.7 Å². The summed E-state index contributed by atoms with van der Waals surface area (Å²) >= 11 is 0. The Kier molecular flexibility index (Phi) is 8.23. The normalized spacial score (nSPS) is 15.9. The van der Waals surface area contributed by atoms with Gasteiger partial charge in [0.2, 0.25) is 0 Å². The van der Waals surface area contributed by atoms with Crippen molar-refractivity contribution in [3.05, 3.63) is 42.4 Å². The van der Waals surface area contributed by atoms with Gasteiger partial charge in [-0.3, -0.25) is 9.89 Å². The molecule has 1 aromatic heterocycles. The molecule has 2 heterocycles. The van der Waals surface area contributed by atoms with Gasteiger partial charge in [-0.2, -0.15) is 0 Å². The highest BCUT2D eigenvalue weighted by atomic mass is 127. The topological polar surface area (TPSA) is 85.2 Å². The Bertz CT molecular complexity index is 731. The van der Waals surface area contributed by atoms with E-state index >= 15 is 0 Å². The Morgan fingerprint density at radius 1 is 1.22 bits per heavy atom. The summed E-state index contributed by atoms with van der Waals surface area (Å²) in [5.41, 5.74) is 6.88. The molecule has 1 saturated heterocycles. The number of aliphatic imine (C=N–C) groups is 1. The maximum Gasteiger partial charge on any atom is 0.193 e. The number of hydrogen-bond acceptors (Lipinski definition) is 5. The first-order chi connectivity index (χ1) is 12.7. The second-order valence-electron chi connectivity index (χ2n) is 6.19. The van der Waals surface area contributed by atoms with Crippen LogP contribution in [0, 0.1) is 0 Å². The second-order valence-corrected chi connectivity index (χ2v) is 6.19. The van der Waals surface area contributed by atoms with Gasteiger partial charge in [-0.15, -0.1) is 24.0 Å². The molecule has 1 atom stereocenters. The van der Waals surface area contributed by atoms with Crippen LogP contribution in [0.4, 0.5) is 5.69 Å². The third kappa shape index (κ3) is 5.52. The highest BCUT2D eigenvalue weighted by Crippen LogP contribution is 2.30. The lowest BCUT2D eigenvalue weighted by molar-refractivity contribution is 0.221. The van der Waals surface area contributed by atoms with Crippen LogP contribution in [0.25, 0.3) is 0 Å². The quantitative estimate of drug-likeness (QED) is 0.354. The lowest BCUT2D eigenvalue weighted by Gasteiger charge is -2.24. The number of rotatable bonds is 7. The number of hydrogen-bond donors (Lipinski definition) is 2. The first-order valence-corrected chi connectivity index (χ1v) is 8.77. The molecule has 2 aromatic rings. The molecular weight excluding hydrogens is 459 g/mol. The molecule has 0 spiro atoms. The molecule has 0 aliphatic carbocycles. The van der Waals surface area contributed by atoms with E-state index in [4.69, 9.17) is 19.6 Å². The monoisotopic (exact) mass is 486 g/mol. The minimum Gasteiger partial charge on any atom is -0.493 e. The summed E-state index contributed by atoms with van der Waals surface area (Å²) in [6, 6.07) is 9.53. The summed E-state index contributed by atoms with van der Waals surface area (Å²) in [5, 5.41) is 3.10. The van der Waals surface area contributed by atoms with E-state index in [9.17, 15) is 0 Å². The van der Waals surface area contributed by atoms with E-state index in [0.717, 1.165) is 24.5 Å². The third-order valence-corrected chi connectivity index (χ3v) is 4.54. The predicted octanol–water partition coefficient (Wildman–Crippen LogP) is 3.48. The van der Waals surface area contributed by atoms with Gasteiger partial charge in [0, 0.05) is 11.8 Å². The molecule has 148 valence electrons. The average molecular weight is 486 g/mol. The first-order valence-electron chi connectivity index (χ1n) is 8.77. The molecule has 8 heteroatoms. The fourth-order valence-electron chi connectivity index (χ4n) is 3.21. The highest BCUT2D eigenvalue weighted by molar-refractivity contribution is 14.0. The minimum atomic E-state index is 0. The smallest absolute Gasteiger partial charge is 0.193 e. The number of methoxy groups -OCH3 is 2. The number of halogens is 1. The molecule has 7 nitrogen and oxygen atoms in total. The fourth-order valence-corrected chi connectivity index (χ4v) is 3.21. The van der Waals surface area contributed by atoms with Crippen molar-refractivity contribution in [1.82, 2.24) is 4.90 Å². The fraction of sp³-hybridized carbons (Fsp3) is 0.421. The minimum absolute atomic E-state index is 0. The number of nitrogens with one attached hydrogen (secondary N) is 1. The Balaban J connectivity index is 0.00000261. The summed E-state index contributed by atoms with van der Waals surface area (Å²) in [5.74, 6) is 2.58. The molecule has 27 heavy (non-hydrogen) atoms. The number of likely N-dealkylation sites (tertiary alicyclic amines) is 1. The lowest BCUT2D eigenvalue weighted by Crippen LogP contribution is -2.30. The average Bonchev–Trinajstić information content (AvgIpc) is 3.36. The van der Waals surface area contributed by atoms with Crippen LogP contribution in [0.2, 0.25) is 0 Å². The van der Waals surface area contributed by atoms with E-state index < -0.39 is 0 Å². The standard InChI is InChI=1S/C19H26N4O3.HI/c1-24-17-8-7-14(12-18(17)25-2)22-19(20)21-13-15(16-6-5-11-26-16)23-9-3-4-10-23;/h5-8,11-12,15H,3-4,9-10,13H2,1-2H3,(H3,20,21,22);1H. The number of ether oxygens (including phenoxy) is 2. The van der Waals surface area contributed by atoms with Crippen LogP contribution in [-0.4, -0.2) is 44.7 Å². The van der Waals surface area contributed by atoms with Gasteiger partial charge in [0.25, 0.3) is 0 Å². The Hall–Kier alpha value is -1.94. The van der Waals surface area contributed by atoms with E-state index in [0.29, 0.717) is 24.0 Å². The number of anilines is 1. The van der Waals surface area contributed by atoms with Crippen molar-refractivity contribution in [2.75, 3.05) is 39.2 Å². The van der Waals surface area contributed by atoms with Gasteiger partial charge < -0.3 is 24.9 Å². The van der Waals surface area contributed by atoms with Crippen molar-refractivity contribution in [1.29, 1.82) is 0 Å².